The highest BCUT2D eigenvalue weighted by Crippen LogP contribution is 2.27. The summed E-state index contributed by atoms with van der Waals surface area (Å²) in [4.78, 5) is 16.8. The first-order chi connectivity index (χ1) is 10.1. The van der Waals surface area contributed by atoms with Gasteiger partial charge < -0.3 is 9.88 Å². The van der Waals surface area contributed by atoms with E-state index in [4.69, 9.17) is 23.2 Å². The largest absolute Gasteiger partial charge is 0.354 e. The molecular weight excluding hydrogens is 309 g/mol. The van der Waals surface area contributed by atoms with Crippen molar-refractivity contribution >= 4 is 40.1 Å². The fourth-order valence-corrected chi connectivity index (χ4v) is 2.72. The number of amides is 1. The standard InChI is InChI=1S/C15H19Cl2N3O/c1-3-9-18-15(21)10(2)20-12-6-4-5-11(17)14(12)19-13(20)7-8-16/h4-6,10H,3,7-9H2,1-2H3,(H,18,21). The van der Waals surface area contributed by atoms with Crippen LogP contribution in [0.25, 0.3) is 11.0 Å². The number of benzene rings is 1. The Morgan fingerprint density at radius 1 is 1.48 bits per heavy atom. The zero-order chi connectivity index (χ0) is 15.4. The first kappa shape index (κ1) is 16.1. The van der Waals surface area contributed by atoms with Crippen molar-refractivity contribution in [3.8, 4) is 0 Å². The van der Waals surface area contributed by atoms with Crippen LogP contribution in [0.4, 0.5) is 0 Å². The van der Waals surface area contributed by atoms with Gasteiger partial charge in [-0.3, -0.25) is 4.79 Å². The van der Waals surface area contributed by atoms with Crippen molar-refractivity contribution < 1.29 is 4.79 Å². The monoisotopic (exact) mass is 327 g/mol. The molecule has 0 saturated heterocycles. The van der Waals surface area contributed by atoms with E-state index in [1.807, 2.05) is 30.5 Å². The van der Waals surface area contributed by atoms with E-state index in [1.165, 1.54) is 0 Å². The molecule has 1 atom stereocenters. The molecule has 0 saturated carbocycles. The van der Waals surface area contributed by atoms with Crippen LogP contribution in [-0.4, -0.2) is 27.9 Å². The molecule has 1 amide bonds. The Hall–Kier alpha value is -1.26. The van der Waals surface area contributed by atoms with E-state index in [2.05, 4.69) is 10.3 Å². The van der Waals surface area contributed by atoms with Crippen LogP contribution < -0.4 is 5.32 Å². The van der Waals surface area contributed by atoms with Gasteiger partial charge in [0.05, 0.1) is 10.5 Å². The summed E-state index contributed by atoms with van der Waals surface area (Å²) < 4.78 is 1.93. The molecule has 0 aliphatic carbocycles. The highest BCUT2D eigenvalue weighted by Gasteiger charge is 2.21. The third kappa shape index (κ3) is 3.33. The van der Waals surface area contributed by atoms with Crippen LogP contribution >= 0.6 is 23.2 Å². The van der Waals surface area contributed by atoms with E-state index in [9.17, 15) is 4.79 Å². The summed E-state index contributed by atoms with van der Waals surface area (Å²) in [5, 5.41) is 3.50. The van der Waals surface area contributed by atoms with E-state index in [0.717, 1.165) is 23.3 Å². The van der Waals surface area contributed by atoms with Crippen LogP contribution in [0.5, 0.6) is 0 Å². The van der Waals surface area contributed by atoms with Crippen molar-refractivity contribution in [1.82, 2.24) is 14.9 Å². The van der Waals surface area contributed by atoms with Crippen molar-refractivity contribution in [2.75, 3.05) is 12.4 Å². The summed E-state index contributed by atoms with van der Waals surface area (Å²) in [7, 11) is 0. The van der Waals surface area contributed by atoms with Gasteiger partial charge in [0, 0.05) is 18.8 Å². The second kappa shape index (κ2) is 7.14. The summed E-state index contributed by atoms with van der Waals surface area (Å²) in [6, 6.07) is 5.24. The van der Waals surface area contributed by atoms with Crippen molar-refractivity contribution in [2.24, 2.45) is 0 Å². The summed E-state index contributed by atoms with van der Waals surface area (Å²) in [5.74, 6) is 1.21. The van der Waals surface area contributed by atoms with Gasteiger partial charge in [0.25, 0.3) is 0 Å². The number of imidazole rings is 1. The maximum atomic E-state index is 12.3. The number of fused-ring (bicyclic) bond motifs is 1. The van der Waals surface area contributed by atoms with Gasteiger partial charge in [-0.05, 0) is 25.5 Å². The highest BCUT2D eigenvalue weighted by molar-refractivity contribution is 6.34. The van der Waals surface area contributed by atoms with E-state index in [-0.39, 0.29) is 11.9 Å². The summed E-state index contributed by atoms with van der Waals surface area (Å²) in [6.07, 6.45) is 1.50. The molecule has 0 spiro atoms. The normalized spacial score (nSPS) is 12.6. The minimum Gasteiger partial charge on any atom is -0.354 e. The molecule has 0 fully saturated rings. The molecule has 1 aromatic carbocycles. The zero-order valence-corrected chi connectivity index (χ0v) is 13.7. The fraction of sp³-hybridized carbons (Fsp3) is 0.467. The summed E-state index contributed by atoms with van der Waals surface area (Å²) >= 11 is 12.1. The molecule has 1 aromatic heterocycles. The molecular formula is C15H19Cl2N3O. The van der Waals surface area contributed by atoms with Gasteiger partial charge in [0.2, 0.25) is 5.91 Å². The minimum atomic E-state index is -0.349. The van der Waals surface area contributed by atoms with Gasteiger partial charge in [-0.2, -0.15) is 0 Å². The second-order valence-corrected chi connectivity index (χ2v) is 5.70. The topological polar surface area (TPSA) is 46.9 Å². The molecule has 0 bridgehead atoms. The number of carbonyl (C=O) groups is 1. The van der Waals surface area contributed by atoms with Gasteiger partial charge in [0.1, 0.15) is 17.4 Å². The number of alkyl halides is 1. The Balaban J connectivity index is 2.47. The minimum absolute atomic E-state index is 0.0213. The Morgan fingerprint density at radius 3 is 2.90 bits per heavy atom. The van der Waals surface area contributed by atoms with Crippen LogP contribution in [0.1, 0.15) is 32.1 Å². The number of aryl methyl sites for hydroxylation is 1. The number of halogens is 2. The number of aromatic nitrogens is 2. The summed E-state index contributed by atoms with van der Waals surface area (Å²) in [5.41, 5.74) is 1.58. The lowest BCUT2D eigenvalue weighted by molar-refractivity contribution is -0.123. The van der Waals surface area contributed by atoms with Gasteiger partial charge in [-0.25, -0.2) is 4.98 Å². The van der Waals surface area contributed by atoms with Crippen LogP contribution in [0.15, 0.2) is 18.2 Å². The summed E-state index contributed by atoms with van der Waals surface area (Å²) in [6.45, 7) is 4.56. The lowest BCUT2D eigenvalue weighted by Gasteiger charge is -2.17. The number of para-hydroxylation sites is 1. The fourth-order valence-electron chi connectivity index (χ4n) is 2.34. The number of nitrogens with one attached hydrogen (secondary N) is 1. The van der Waals surface area contributed by atoms with E-state index >= 15 is 0 Å². The average Bonchev–Trinajstić information content (AvgIpc) is 2.84. The molecule has 0 aliphatic heterocycles. The first-order valence-corrected chi connectivity index (χ1v) is 8.00. The number of hydrogen-bond donors (Lipinski definition) is 1. The van der Waals surface area contributed by atoms with Crippen molar-refractivity contribution in [3.63, 3.8) is 0 Å². The molecule has 21 heavy (non-hydrogen) atoms. The first-order valence-electron chi connectivity index (χ1n) is 7.09. The maximum absolute atomic E-state index is 12.3. The van der Waals surface area contributed by atoms with E-state index in [0.29, 0.717) is 23.9 Å². The Kier molecular flexibility index (Phi) is 5.48. The number of hydrogen-bond acceptors (Lipinski definition) is 2. The molecule has 1 N–H and O–H groups in total. The molecule has 0 aliphatic rings. The van der Waals surface area contributed by atoms with E-state index in [1.54, 1.807) is 6.07 Å². The van der Waals surface area contributed by atoms with Crippen LogP contribution in [-0.2, 0) is 11.2 Å². The molecule has 1 heterocycles. The predicted molar refractivity (Wildman–Crippen MR) is 87.2 cm³/mol. The second-order valence-electron chi connectivity index (χ2n) is 4.91. The molecule has 4 nitrogen and oxygen atoms in total. The van der Waals surface area contributed by atoms with Gasteiger partial charge in [0.15, 0.2) is 0 Å². The van der Waals surface area contributed by atoms with Crippen molar-refractivity contribution in [3.05, 3.63) is 29.0 Å². The van der Waals surface area contributed by atoms with Crippen LogP contribution in [0.2, 0.25) is 5.02 Å². The molecule has 1 unspecified atom stereocenters. The number of carbonyl (C=O) groups excluding carboxylic acids is 1. The molecule has 6 heteroatoms. The predicted octanol–water partition coefficient (Wildman–Crippen LogP) is 3.56. The third-order valence-electron chi connectivity index (χ3n) is 3.38. The highest BCUT2D eigenvalue weighted by atomic mass is 35.5. The smallest absolute Gasteiger partial charge is 0.242 e. The van der Waals surface area contributed by atoms with Gasteiger partial charge in [-0.15, -0.1) is 11.6 Å². The maximum Gasteiger partial charge on any atom is 0.242 e. The number of nitrogens with zero attached hydrogens (tertiary/aromatic N) is 2. The number of rotatable bonds is 6. The molecule has 2 aromatic rings. The Bertz CT molecular complexity index is 639. The lowest BCUT2D eigenvalue weighted by atomic mass is 10.2. The zero-order valence-electron chi connectivity index (χ0n) is 12.2. The van der Waals surface area contributed by atoms with Gasteiger partial charge >= 0.3 is 0 Å². The van der Waals surface area contributed by atoms with E-state index < -0.39 is 0 Å². The Labute approximate surface area is 134 Å². The Morgan fingerprint density at radius 2 is 2.24 bits per heavy atom. The molecule has 114 valence electrons. The van der Waals surface area contributed by atoms with Crippen LogP contribution in [0, 0.1) is 0 Å². The third-order valence-corrected chi connectivity index (χ3v) is 3.87. The molecule has 0 radical (unpaired) electrons. The molecule has 2 rings (SSSR count). The SMILES string of the molecule is CCCNC(=O)C(C)n1c(CCCl)nc2c(Cl)cccc21. The van der Waals surface area contributed by atoms with Crippen molar-refractivity contribution in [2.45, 2.75) is 32.7 Å². The van der Waals surface area contributed by atoms with Crippen LogP contribution in [0.3, 0.4) is 0 Å². The average molecular weight is 328 g/mol. The van der Waals surface area contributed by atoms with Gasteiger partial charge in [-0.1, -0.05) is 24.6 Å². The van der Waals surface area contributed by atoms with Crippen molar-refractivity contribution in [1.29, 1.82) is 0 Å². The lowest BCUT2D eigenvalue weighted by Crippen LogP contribution is -2.32. The quantitative estimate of drug-likeness (QED) is 0.824.